The summed E-state index contributed by atoms with van der Waals surface area (Å²) in [6.07, 6.45) is 2.78. The van der Waals surface area contributed by atoms with Crippen LogP contribution >= 0.6 is 15.9 Å². The van der Waals surface area contributed by atoms with Gasteiger partial charge >= 0.3 is 0 Å². The van der Waals surface area contributed by atoms with Crippen LogP contribution in [0.5, 0.6) is 0 Å². The van der Waals surface area contributed by atoms with E-state index in [0.717, 1.165) is 23.9 Å². The van der Waals surface area contributed by atoms with Gasteiger partial charge in [0.2, 0.25) is 5.91 Å². The maximum atomic E-state index is 12.2. The molecular weight excluding hydrogens is 292 g/mol. The molecule has 1 aliphatic heterocycles. The molecular formula is C14H19BrN2O. The molecule has 1 aromatic carbocycles. The second-order valence-electron chi connectivity index (χ2n) is 4.76. The smallest absolute Gasteiger partial charge is 0.239 e. The van der Waals surface area contributed by atoms with Crippen LogP contribution in [-0.4, -0.2) is 23.4 Å². The van der Waals surface area contributed by atoms with E-state index >= 15 is 0 Å². The molecule has 0 radical (unpaired) electrons. The highest BCUT2D eigenvalue weighted by Crippen LogP contribution is 2.33. The van der Waals surface area contributed by atoms with Crippen LogP contribution in [0.4, 0.5) is 0 Å². The fraction of sp³-hybridized carbons (Fsp3) is 0.500. The number of nitrogens with two attached hydrogens (primary N) is 1. The fourth-order valence-corrected chi connectivity index (χ4v) is 2.90. The molecule has 2 N–H and O–H groups in total. The maximum Gasteiger partial charge on any atom is 0.239 e. The van der Waals surface area contributed by atoms with Crippen molar-refractivity contribution in [2.24, 2.45) is 5.73 Å². The Labute approximate surface area is 116 Å². The van der Waals surface area contributed by atoms with Crippen LogP contribution in [0, 0.1) is 0 Å². The van der Waals surface area contributed by atoms with Crippen molar-refractivity contribution in [3.05, 3.63) is 34.3 Å². The standard InChI is InChI=1S/C14H19BrN2O/c1-2-12(16)14(18)17-8-4-7-13(17)10-5-3-6-11(15)9-10/h3,5-6,9,12-13H,2,4,7-8,16H2,1H3. The number of hydrogen-bond donors (Lipinski definition) is 1. The number of rotatable bonds is 3. The van der Waals surface area contributed by atoms with Crippen LogP contribution in [-0.2, 0) is 4.79 Å². The Morgan fingerprint density at radius 2 is 2.39 bits per heavy atom. The summed E-state index contributed by atoms with van der Waals surface area (Å²) in [5.74, 6) is 0.0833. The monoisotopic (exact) mass is 310 g/mol. The molecule has 1 aromatic rings. The second-order valence-corrected chi connectivity index (χ2v) is 5.68. The van der Waals surface area contributed by atoms with Crippen molar-refractivity contribution in [3.8, 4) is 0 Å². The summed E-state index contributed by atoms with van der Waals surface area (Å²) in [6, 6.07) is 8.01. The van der Waals surface area contributed by atoms with Crippen LogP contribution in [0.15, 0.2) is 28.7 Å². The predicted molar refractivity (Wildman–Crippen MR) is 76.1 cm³/mol. The molecule has 3 nitrogen and oxygen atoms in total. The van der Waals surface area contributed by atoms with Gasteiger partial charge in [-0.15, -0.1) is 0 Å². The first-order valence-corrected chi connectivity index (χ1v) is 7.24. The highest BCUT2D eigenvalue weighted by molar-refractivity contribution is 9.10. The molecule has 2 unspecified atom stereocenters. The van der Waals surface area contributed by atoms with Gasteiger partial charge in [-0.2, -0.15) is 0 Å². The number of benzene rings is 1. The van der Waals surface area contributed by atoms with Crippen molar-refractivity contribution >= 4 is 21.8 Å². The van der Waals surface area contributed by atoms with Crippen LogP contribution in [0.3, 0.4) is 0 Å². The van der Waals surface area contributed by atoms with Gasteiger partial charge in [0.1, 0.15) is 0 Å². The highest BCUT2D eigenvalue weighted by atomic mass is 79.9. The van der Waals surface area contributed by atoms with Crippen LogP contribution < -0.4 is 5.73 Å². The number of halogens is 1. The first-order chi connectivity index (χ1) is 8.63. The van der Waals surface area contributed by atoms with E-state index < -0.39 is 0 Å². The molecule has 0 bridgehead atoms. The highest BCUT2D eigenvalue weighted by Gasteiger charge is 2.31. The lowest BCUT2D eigenvalue weighted by molar-refractivity contribution is -0.133. The van der Waals surface area contributed by atoms with E-state index in [0.29, 0.717) is 6.42 Å². The summed E-state index contributed by atoms with van der Waals surface area (Å²) in [6.45, 7) is 2.77. The minimum absolute atomic E-state index is 0.0833. The van der Waals surface area contributed by atoms with Crippen molar-refractivity contribution in [3.63, 3.8) is 0 Å². The Hall–Kier alpha value is -0.870. The summed E-state index contributed by atoms with van der Waals surface area (Å²) < 4.78 is 1.05. The number of likely N-dealkylation sites (tertiary alicyclic amines) is 1. The minimum Gasteiger partial charge on any atom is -0.334 e. The molecule has 1 saturated heterocycles. The Balaban J connectivity index is 2.20. The van der Waals surface area contributed by atoms with Gasteiger partial charge in [0.25, 0.3) is 0 Å². The first kappa shape index (κ1) is 13.6. The second kappa shape index (κ2) is 5.85. The topological polar surface area (TPSA) is 46.3 Å². The van der Waals surface area contributed by atoms with E-state index in [2.05, 4.69) is 28.1 Å². The average molecular weight is 311 g/mol. The van der Waals surface area contributed by atoms with E-state index in [-0.39, 0.29) is 18.0 Å². The van der Waals surface area contributed by atoms with Crippen LogP contribution in [0.2, 0.25) is 0 Å². The van der Waals surface area contributed by atoms with E-state index in [9.17, 15) is 4.79 Å². The molecule has 0 spiro atoms. The van der Waals surface area contributed by atoms with Gasteiger partial charge in [-0.05, 0) is 37.0 Å². The van der Waals surface area contributed by atoms with Gasteiger partial charge in [-0.1, -0.05) is 35.0 Å². The van der Waals surface area contributed by atoms with Gasteiger partial charge in [0, 0.05) is 11.0 Å². The SMILES string of the molecule is CCC(N)C(=O)N1CCCC1c1cccc(Br)c1. The van der Waals surface area contributed by atoms with E-state index in [4.69, 9.17) is 5.73 Å². The third-order valence-corrected chi connectivity index (χ3v) is 4.02. The molecule has 0 saturated carbocycles. The molecule has 2 rings (SSSR count). The zero-order valence-corrected chi connectivity index (χ0v) is 12.2. The number of nitrogens with zero attached hydrogens (tertiary/aromatic N) is 1. The molecule has 1 amide bonds. The van der Waals surface area contributed by atoms with Gasteiger partial charge in [-0.25, -0.2) is 0 Å². The minimum atomic E-state index is -0.363. The van der Waals surface area contributed by atoms with E-state index in [1.807, 2.05) is 24.0 Å². The lowest BCUT2D eigenvalue weighted by atomic mass is 10.0. The Morgan fingerprint density at radius 3 is 3.06 bits per heavy atom. The lowest BCUT2D eigenvalue weighted by Crippen LogP contribution is -2.43. The molecule has 4 heteroatoms. The largest absolute Gasteiger partial charge is 0.334 e. The maximum absolute atomic E-state index is 12.2. The number of amides is 1. The van der Waals surface area contributed by atoms with Crippen molar-refractivity contribution in [2.45, 2.75) is 38.3 Å². The number of carbonyl (C=O) groups is 1. The van der Waals surface area contributed by atoms with Gasteiger partial charge in [0.15, 0.2) is 0 Å². The fourth-order valence-electron chi connectivity index (χ4n) is 2.48. The Kier molecular flexibility index (Phi) is 4.40. The van der Waals surface area contributed by atoms with Crippen molar-refractivity contribution in [1.29, 1.82) is 0 Å². The Bertz CT molecular complexity index is 436. The molecule has 0 aromatic heterocycles. The molecule has 98 valence electrons. The summed E-state index contributed by atoms with van der Waals surface area (Å²) >= 11 is 3.48. The summed E-state index contributed by atoms with van der Waals surface area (Å²) in [5, 5.41) is 0. The molecule has 0 aliphatic carbocycles. The van der Waals surface area contributed by atoms with E-state index in [1.54, 1.807) is 0 Å². The zero-order valence-electron chi connectivity index (χ0n) is 10.6. The molecule has 1 fully saturated rings. The van der Waals surface area contributed by atoms with Crippen LogP contribution in [0.25, 0.3) is 0 Å². The van der Waals surface area contributed by atoms with Gasteiger partial charge < -0.3 is 10.6 Å². The summed E-state index contributed by atoms with van der Waals surface area (Å²) in [5.41, 5.74) is 7.06. The third kappa shape index (κ3) is 2.75. The molecule has 2 atom stereocenters. The molecule has 18 heavy (non-hydrogen) atoms. The number of carbonyl (C=O) groups excluding carboxylic acids is 1. The van der Waals surface area contributed by atoms with Crippen molar-refractivity contribution in [1.82, 2.24) is 4.90 Å². The summed E-state index contributed by atoms with van der Waals surface area (Å²) in [7, 11) is 0. The third-order valence-electron chi connectivity index (χ3n) is 3.53. The van der Waals surface area contributed by atoms with Crippen LogP contribution in [0.1, 0.15) is 37.8 Å². The number of hydrogen-bond acceptors (Lipinski definition) is 2. The molecule has 1 heterocycles. The van der Waals surface area contributed by atoms with E-state index in [1.165, 1.54) is 5.56 Å². The average Bonchev–Trinajstić information content (AvgIpc) is 2.86. The Morgan fingerprint density at radius 1 is 1.61 bits per heavy atom. The normalized spacial score (nSPS) is 21.1. The predicted octanol–water partition coefficient (Wildman–Crippen LogP) is 2.85. The van der Waals surface area contributed by atoms with Gasteiger partial charge in [0.05, 0.1) is 12.1 Å². The lowest BCUT2D eigenvalue weighted by Gasteiger charge is -2.27. The van der Waals surface area contributed by atoms with Gasteiger partial charge in [-0.3, -0.25) is 4.79 Å². The molecule has 1 aliphatic rings. The van der Waals surface area contributed by atoms with Crippen molar-refractivity contribution < 1.29 is 4.79 Å². The van der Waals surface area contributed by atoms with Crippen molar-refractivity contribution in [2.75, 3.05) is 6.54 Å². The quantitative estimate of drug-likeness (QED) is 0.933. The first-order valence-electron chi connectivity index (χ1n) is 6.45. The summed E-state index contributed by atoms with van der Waals surface area (Å²) in [4.78, 5) is 14.2. The zero-order chi connectivity index (χ0) is 13.1.